The van der Waals surface area contributed by atoms with Crippen molar-refractivity contribution in [2.45, 2.75) is 13.0 Å². The van der Waals surface area contributed by atoms with Gasteiger partial charge in [-0.2, -0.15) is 0 Å². The van der Waals surface area contributed by atoms with Crippen LogP contribution in [0.5, 0.6) is 0 Å². The van der Waals surface area contributed by atoms with Crippen molar-refractivity contribution in [3.05, 3.63) is 77.5 Å². The number of hydroxylamine groups is 1. The number of benzene rings is 2. The minimum Gasteiger partial charge on any atom is -0.448 e. The fraction of sp³-hybridized carbons (Fsp3) is 0.333. The van der Waals surface area contributed by atoms with Gasteiger partial charge in [0.1, 0.15) is 6.61 Å². The second kappa shape index (κ2) is 12.9. The van der Waals surface area contributed by atoms with Gasteiger partial charge >= 0.3 is 6.09 Å². The third-order valence-electron chi connectivity index (χ3n) is 6.21. The topological polar surface area (TPSA) is 107 Å². The van der Waals surface area contributed by atoms with Crippen molar-refractivity contribution in [1.29, 1.82) is 0 Å². The number of para-hydroxylation sites is 1. The van der Waals surface area contributed by atoms with Crippen LogP contribution in [0.1, 0.15) is 16.7 Å². The van der Waals surface area contributed by atoms with E-state index in [9.17, 15) is 9.59 Å². The highest BCUT2D eigenvalue weighted by Crippen LogP contribution is 2.19. The molecule has 3 aromatic rings. The summed E-state index contributed by atoms with van der Waals surface area (Å²) in [6.07, 6.45) is 5.19. The largest absolute Gasteiger partial charge is 0.448 e. The van der Waals surface area contributed by atoms with E-state index in [0.29, 0.717) is 45.9 Å². The molecule has 1 saturated heterocycles. The second-order valence-corrected chi connectivity index (χ2v) is 8.65. The van der Waals surface area contributed by atoms with Crippen LogP contribution in [0.25, 0.3) is 17.0 Å². The van der Waals surface area contributed by atoms with E-state index in [-0.39, 0.29) is 6.09 Å². The molecule has 36 heavy (non-hydrogen) atoms. The number of morpholine rings is 1. The molecule has 1 aliphatic rings. The summed E-state index contributed by atoms with van der Waals surface area (Å²) in [5.74, 6) is -0.595. The number of carbonyl (C=O) groups is 2. The molecule has 0 spiro atoms. The van der Waals surface area contributed by atoms with Crippen LogP contribution in [0.2, 0.25) is 0 Å². The van der Waals surface area contributed by atoms with Gasteiger partial charge in [0.2, 0.25) is 0 Å². The molecule has 0 radical (unpaired) electrons. The summed E-state index contributed by atoms with van der Waals surface area (Å²) in [7, 11) is 0. The van der Waals surface area contributed by atoms with E-state index in [1.165, 1.54) is 6.08 Å². The summed E-state index contributed by atoms with van der Waals surface area (Å²) in [6.45, 7) is 5.05. The molecule has 0 bridgehead atoms. The van der Waals surface area contributed by atoms with Gasteiger partial charge in [-0.3, -0.25) is 14.9 Å². The van der Waals surface area contributed by atoms with Crippen LogP contribution < -0.4 is 5.48 Å². The predicted molar refractivity (Wildman–Crippen MR) is 136 cm³/mol. The van der Waals surface area contributed by atoms with Gasteiger partial charge < -0.3 is 19.4 Å². The van der Waals surface area contributed by atoms with Gasteiger partial charge in [-0.1, -0.05) is 42.5 Å². The fourth-order valence-electron chi connectivity index (χ4n) is 4.17. The first-order valence-corrected chi connectivity index (χ1v) is 12.1. The lowest BCUT2D eigenvalue weighted by Crippen LogP contribution is -2.40. The monoisotopic (exact) mass is 492 g/mol. The predicted octanol–water partition coefficient (Wildman–Crippen LogP) is 3.20. The molecule has 3 N–H and O–H groups in total. The first kappa shape index (κ1) is 25.4. The molecule has 2 heterocycles. The summed E-state index contributed by atoms with van der Waals surface area (Å²) in [5.41, 5.74) is 5.54. The highest BCUT2D eigenvalue weighted by molar-refractivity contribution is 5.90. The molecule has 1 fully saturated rings. The molecular weight excluding hydrogens is 460 g/mol. The number of hydrogen-bond acceptors (Lipinski definition) is 6. The first-order valence-electron chi connectivity index (χ1n) is 12.1. The summed E-state index contributed by atoms with van der Waals surface area (Å²) in [6, 6.07) is 15.7. The lowest BCUT2D eigenvalue weighted by molar-refractivity contribution is -0.124. The van der Waals surface area contributed by atoms with Gasteiger partial charge in [-0.05, 0) is 35.3 Å². The number of rotatable bonds is 10. The zero-order valence-electron chi connectivity index (χ0n) is 20.2. The van der Waals surface area contributed by atoms with Crippen molar-refractivity contribution in [2.24, 2.45) is 0 Å². The van der Waals surface area contributed by atoms with Gasteiger partial charge in [0.15, 0.2) is 0 Å². The zero-order chi connectivity index (χ0) is 25.2. The van der Waals surface area contributed by atoms with Crippen molar-refractivity contribution >= 4 is 29.0 Å². The van der Waals surface area contributed by atoms with Crippen molar-refractivity contribution < 1.29 is 24.3 Å². The summed E-state index contributed by atoms with van der Waals surface area (Å²) in [4.78, 5) is 31.5. The standard InChI is InChI=1S/C27H32N4O5/c32-26(29-34)10-9-21-5-7-22(8-6-21)20-31(27(33)36-18-15-30-13-16-35-17-14-30)12-11-23-19-28-25-4-2-1-3-24(23)25/h1-10,19,28,34H,11-18,20H2,(H,29,32)/b10-9+. The molecule has 9 heteroatoms. The van der Waals surface area contributed by atoms with Crippen LogP contribution in [0.15, 0.2) is 60.8 Å². The van der Waals surface area contributed by atoms with E-state index in [1.807, 2.05) is 48.7 Å². The van der Waals surface area contributed by atoms with E-state index in [0.717, 1.165) is 40.7 Å². The van der Waals surface area contributed by atoms with Crippen LogP contribution in [0, 0.1) is 0 Å². The maximum Gasteiger partial charge on any atom is 0.410 e. The number of fused-ring (bicyclic) bond motifs is 1. The number of amides is 2. The van der Waals surface area contributed by atoms with Crippen molar-refractivity contribution in [3.63, 3.8) is 0 Å². The third kappa shape index (κ3) is 7.17. The maximum atomic E-state index is 13.1. The molecule has 9 nitrogen and oxygen atoms in total. The molecule has 1 aromatic heterocycles. The van der Waals surface area contributed by atoms with Crippen molar-refractivity contribution in [2.75, 3.05) is 46.0 Å². The van der Waals surface area contributed by atoms with Crippen LogP contribution >= 0.6 is 0 Å². The third-order valence-corrected chi connectivity index (χ3v) is 6.21. The summed E-state index contributed by atoms with van der Waals surface area (Å²) in [5, 5.41) is 9.76. The van der Waals surface area contributed by atoms with Gasteiger partial charge in [0.25, 0.3) is 5.91 Å². The molecule has 190 valence electrons. The number of aromatic amines is 1. The van der Waals surface area contributed by atoms with E-state index >= 15 is 0 Å². The van der Waals surface area contributed by atoms with E-state index < -0.39 is 5.91 Å². The molecule has 1 aliphatic heterocycles. The SMILES string of the molecule is O=C(/C=C/c1ccc(CN(CCc2c[nH]c3ccccc23)C(=O)OCCN2CCOCC2)cc1)NO. The zero-order valence-corrected chi connectivity index (χ0v) is 20.2. The van der Waals surface area contributed by atoms with Crippen LogP contribution in [0.4, 0.5) is 4.79 Å². The molecule has 0 unspecified atom stereocenters. The number of ether oxygens (including phenoxy) is 2. The van der Waals surface area contributed by atoms with Crippen molar-refractivity contribution in [1.82, 2.24) is 20.3 Å². The van der Waals surface area contributed by atoms with Crippen LogP contribution in [-0.2, 0) is 27.2 Å². The molecular formula is C27H32N4O5. The van der Waals surface area contributed by atoms with Gasteiger partial charge in [0.05, 0.1) is 13.2 Å². The maximum absolute atomic E-state index is 13.1. The Bertz CT molecular complexity index is 1170. The van der Waals surface area contributed by atoms with Gasteiger partial charge in [0, 0.05) is 55.9 Å². The number of hydrogen-bond donors (Lipinski definition) is 3. The molecule has 0 atom stereocenters. The Kier molecular flexibility index (Phi) is 9.09. The summed E-state index contributed by atoms with van der Waals surface area (Å²) >= 11 is 0. The second-order valence-electron chi connectivity index (χ2n) is 8.65. The Morgan fingerprint density at radius 2 is 1.92 bits per heavy atom. The molecule has 2 amide bonds. The fourth-order valence-corrected chi connectivity index (χ4v) is 4.17. The van der Waals surface area contributed by atoms with Crippen LogP contribution in [0.3, 0.4) is 0 Å². The Morgan fingerprint density at radius 1 is 1.14 bits per heavy atom. The van der Waals surface area contributed by atoms with E-state index in [1.54, 1.807) is 16.5 Å². The molecule has 2 aromatic carbocycles. The average Bonchev–Trinajstić information content (AvgIpc) is 3.34. The Hall–Kier alpha value is -3.66. The lowest BCUT2D eigenvalue weighted by Gasteiger charge is -2.27. The van der Waals surface area contributed by atoms with Gasteiger partial charge in [-0.15, -0.1) is 0 Å². The number of H-pyrrole nitrogens is 1. The van der Waals surface area contributed by atoms with Crippen LogP contribution in [-0.4, -0.2) is 78.0 Å². The number of aromatic nitrogens is 1. The average molecular weight is 493 g/mol. The number of nitrogens with zero attached hydrogens (tertiary/aromatic N) is 2. The van der Waals surface area contributed by atoms with E-state index in [4.69, 9.17) is 14.7 Å². The highest BCUT2D eigenvalue weighted by Gasteiger charge is 2.18. The molecule has 0 saturated carbocycles. The molecule has 0 aliphatic carbocycles. The summed E-state index contributed by atoms with van der Waals surface area (Å²) < 4.78 is 11.0. The Morgan fingerprint density at radius 3 is 2.69 bits per heavy atom. The van der Waals surface area contributed by atoms with Gasteiger partial charge in [-0.25, -0.2) is 10.3 Å². The number of carbonyl (C=O) groups excluding carboxylic acids is 2. The quantitative estimate of drug-likeness (QED) is 0.228. The number of nitrogens with one attached hydrogen (secondary N) is 2. The highest BCUT2D eigenvalue weighted by atomic mass is 16.6. The molecule has 4 rings (SSSR count). The first-order chi connectivity index (χ1) is 17.6. The Balaban J connectivity index is 1.40. The van der Waals surface area contributed by atoms with E-state index in [2.05, 4.69) is 16.0 Å². The Labute approximate surface area is 210 Å². The lowest BCUT2D eigenvalue weighted by atomic mass is 10.1. The van der Waals surface area contributed by atoms with Crippen molar-refractivity contribution in [3.8, 4) is 0 Å². The minimum absolute atomic E-state index is 0.332. The minimum atomic E-state index is -0.595. The normalized spacial score (nSPS) is 14.2. The smallest absolute Gasteiger partial charge is 0.410 e.